The van der Waals surface area contributed by atoms with Crippen molar-refractivity contribution in [1.82, 2.24) is 14.1 Å². The molecule has 0 radical (unpaired) electrons. The number of piperazine rings is 1. The smallest absolute Gasteiger partial charge is 0.305 e. The lowest BCUT2D eigenvalue weighted by atomic mass is 10.0. The fourth-order valence-electron chi connectivity index (χ4n) is 3.92. The summed E-state index contributed by atoms with van der Waals surface area (Å²) < 4.78 is 65.3. The van der Waals surface area contributed by atoms with Gasteiger partial charge in [0.2, 0.25) is 10.0 Å². The lowest BCUT2D eigenvalue weighted by molar-refractivity contribution is -0.137. The summed E-state index contributed by atoms with van der Waals surface area (Å²) in [6.45, 7) is 4.21. The second kappa shape index (κ2) is 8.06. The van der Waals surface area contributed by atoms with Crippen LogP contribution in [0.3, 0.4) is 0 Å². The van der Waals surface area contributed by atoms with Gasteiger partial charge in [-0.25, -0.2) is 8.42 Å². The maximum absolute atomic E-state index is 12.8. The van der Waals surface area contributed by atoms with E-state index in [1.54, 1.807) is 0 Å². The highest BCUT2D eigenvalue weighted by Crippen LogP contribution is 2.30. The van der Waals surface area contributed by atoms with Crippen LogP contribution in [0.25, 0.3) is 0 Å². The van der Waals surface area contributed by atoms with E-state index in [2.05, 4.69) is 16.8 Å². The molecular weight excluding hydrogens is 379 g/mol. The van der Waals surface area contributed by atoms with Gasteiger partial charge in [-0.2, -0.15) is 17.5 Å². The number of nitrogens with zero attached hydrogens (tertiary/aromatic N) is 3. The summed E-state index contributed by atoms with van der Waals surface area (Å²) in [7, 11) is -1.54. The second-order valence-electron chi connectivity index (χ2n) is 7.45. The molecule has 0 spiro atoms. The average molecular weight is 405 g/mol. The van der Waals surface area contributed by atoms with Crippen molar-refractivity contribution in [3.63, 3.8) is 0 Å². The van der Waals surface area contributed by atoms with Crippen molar-refractivity contribution >= 4 is 10.0 Å². The van der Waals surface area contributed by atoms with E-state index >= 15 is 0 Å². The highest BCUT2D eigenvalue weighted by molar-refractivity contribution is 7.88. The van der Waals surface area contributed by atoms with E-state index in [0.717, 1.165) is 38.1 Å². The van der Waals surface area contributed by atoms with Crippen LogP contribution in [0.2, 0.25) is 0 Å². The van der Waals surface area contributed by atoms with Gasteiger partial charge in [-0.1, -0.05) is 18.2 Å². The Bertz CT molecular complexity index is 746. The van der Waals surface area contributed by atoms with Crippen molar-refractivity contribution in [2.24, 2.45) is 0 Å². The van der Waals surface area contributed by atoms with Gasteiger partial charge >= 0.3 is 6.18 Å². The van der Waals surface area contributed by atoms with Crippen molar-refractivity contribution in [1.29, 1.82) is 0 Å². The zero-order chi connectivity index (χ0) is 19.7. The SMILES string of the molecule is CN1CCCC(N2CCN(S(=O)(=O)Cc3cccc(C(F)(F)F)c3)CC2)C1. The number of likely N-dealkylation sites (N-methyl/N-ethyl adjacent to an activating group) is 1. The van der Waals surface area contributed by atoms with Gasteiger partial charge in [-0.3, -0.25) is 4.90 Å². The minimum Gasteiger partial charge on any atom is -0.305 e. The molecule has 0 bridgehead atoms. The summed E-state index contributed by atoms with van der Waals surface area (Å²) in [5, 5.41) is 0. The van der Waals surface area contributed by atoms with E-state index in [-0.39, 0.29) is 5.56 Å². The quantitative estimate of drug-likeness (QED) is 0.771. The molecule has 2 fully saturated rings. The lowest BCUT2D eigenvalue weighted by Gasteiger charge is -2.42. The molecule has 0 aliphatic carbocycles. The van der Waals surface area contributed by atoms with Crippen LogP contribution in [-0.2, 0) is 22.0 Å². The fraction of sp³-hybridized carbons (Fsp3) is 0.667. The standard InChI is InChI=1S/C18H26F3N3O2S/c1-22-7-3-6-17(13-22)23-8-10-24(11-9-23)27(25,26)14-15-4-2-5-16(12-15)18(19,20)21/h2,4-5,12,17H,3,6-11,13-14H2,1H3. The molecule has 0 amide bonds. The van der Waals surface area contributed by atoms with E-state index in [9.17, 15) is 21.6 Å². The zero-order valence-corrected chi connectivity index (χ0v) is 16.3. The largest absolute Gasteiger partial charge is 0.416 e. The van der Waals surface area contributed by atoms with Crippen LogP contribution in [0.15, 0.2) is 24.3 Å². The molecule has 3 rings (SSSR count). The van der Waals surface area contributed by atoms with Crippen LogP contribution in [-0.4, -0.2) is 74.9 Å². The molecule has 1 aromatic rings. The molecular formula is C18H26F3N3O2S. The monoisotopic (exact) mass is 405 g/mol. The van der Waals surface area contributed by atoms with Crippen molar-refractivity contribution < 1.29 is 21.6 Å². The van der Waals surface area contributed by atoms with Crippen LogP contribution < -0.4 is 0 Å². The number of piperidine rings is 1. The molecule has 5 nitrogen and oxygen atoms in total. The van der Waals surface area contributed by atoms with Crippen molar-refractivity contribution in [2.75, 3.05) is 46.3 Å². The number of rotatable bonds is 4. The van der Waals surface area contributed by atoms with Crippen LogP contribution in [0.4, 0.5) is 13.2 Å². The van der Waals surface area contributed by atoms with E-state index < -0.39 is 27.5 Å². The molecule has 2 saturated heterocycles. The number of hydrogen-bond acceptors (Lipinski definition) is 4. The Morgan fingerprint density at radius 1 is 1.11 bits per heavy atom. The number of sulfonamides is 1. The van der Waals surface area contributed by atoms with Crippen molar-refractivity contribution in [3.05, 3.63) is 35.4 Å². The van der Waals surface area contributed by atoms with Gasteiger partial charge in [0.25, 0.3) is 0 Å². The van der Waals surface area contributed by atoms with Gasteiger partial charge < -0.3 is 4.90 Å². The predicted octanol–water partition coefficient (Wildman–Crippen LogP) is 2.25. The minimum atomic E-state index is -4.47. The van der Waals surface area contributed by atoms with Gasteiger partial charge in [0.1, 0.15) is 0 Å². The molecule has 1 aromatic carbocycles. The first-order valence-corrected chi connectivity index (χ1v) is 10.8. The number of benzene rings is 1. The van der Waals surface area contributed by atoms with Gasteiger partial charge in [-0.15, -0.1) is 0 Å². The van der Waals surface area contributed by atoms with Crippen molar-refractivity contribution in [2.45, 2.75) is 30.8 Å². The first-order valence-electron chi connectivity index (χ1n) is 9.22. The lowest BCUT2D eigenvalue weighted by Crippen LogP contribution is -2.55. The predicted molar refractivity (Wildman–Crippen MR) is 97.7 cm³/mol. The summed E-state index contributed by atoms with van der Waals surface area (Å²) in [5.41, 5.74) is -0.650. The maximum Gasteiger partial charge on any atom is 0.416 e. The summed E-state index contributed by atoms with van der Waals surface area (Å²) in [5.74, 6) is -0.400. The molecule has 2 aliphatic rings. The first-order chi connectivity index (χ1) is 12.6. The third kappa shape index (κ3) is 5.22. The molecule has 152 valence electrons. The molecule has 9 heteroatoms. The summed E-state index contributed by atoms with van der Waals surface area (Å²) in [6, 6.07) is 5.02. The Morgan fingerprint density at radius 2 is 1.81 bits per heavy atom. The maximum atomic E-state index is 12.8. The van der Waals surface area contributed by atoms with Crippen LogP contribution >= 0.6 is 0 Å². The topological polar surface area (TPSA) is 43.9 Å². The Hall–Kier alpha value is -1.16. The van der Waals surface area contributed by atoms with Gasteiger partial charge in [0, 0.05) is 38.8 Å². The highest BCUT2D eigenvalue weighted by atomic mass is 32.2. The van der Waals surface area contributed by atoms with E-state index in [1.165, 1.54) is 16.4 Å². The number of alkyl halides is 3. The molecule has 2 heterocycles. The molecule has 27 heavy (non-hydrogen) atoms. The molecule has 0 saturated carbocycles. The summed E-state index contributed by atoms with van der Waals surface area (Å²) in [4.78, 5) is 4.64. The van der Waals surface area contributed by atoms with Gasteiger partial charge in [-0.05, 0) is 38.1 Å². The molecule has 2 aliphatic heterocycles. The molecule has 0 N–H and O–H groups in total. The van der Waals surface area contributed by atoms with E-state index in [0.29, 0.717) is 32.2 Å². The zero-order valence-electron chi connectivity index (χ0n) is 15.5. The second-order valence-corrected chi connectivity index (χ2v) is 9.42. The average Bonchev–Trinajstić information content (AvgIpc) is 2.61. The van der Waals surface area contributed by atoms with Crippen molar-refractivity contribution in [3.8, 4) is 0 Å². The minimum absolute atomic E-state index is 0.168. The first kappa shape index (κ1) is 20.6. The van der Waals surface area contributed by atoms with E-state index in [4.69, 9.17) is 0 Å². The Balaban J connectivity index is 1.60. The molecule has 1 unspecified atom stereocenters. The Kier molecular flexibility index (Phi) is 6.14. The number of hydrogen-bond donors (Lipinski definition) is 0. The van der Waals surface area contributed by atoms with Gasteiger partial charge in [0.05, 0.1) is 11.3 Å². The fourth-order valence-corrected chi connectivity index (χ4v) is 5.43. The molecule has 1 atom stereocenters. The van der Waals surface area contributed by atoms with Crippen LogP contribution in [0.1, 0.15) is 24.0 Å². The number of halogens is 3. The van der Waals surface area contributed by atoms with Crippen LogP contribution in [0, 0.1) is 0 Å². The van der Waals surface area contributed by atoms with Gasteiger partial charge in [0.15, 0.2) is 0 Å². The summed E-state index contributed by atoms with van der Waals surface area (Å²) >= 11 is 0. The van der Waals surface area contributed by atoms with E-state index in [1.807, 2.05) is 0 Å². The Morgan fingerprint density at radius 3 is 2.44 bits per heavy atom. The third-order valence-electron chi connectivity index (χ3n) is 5.39. The normalized spacial score (nSPS) is 24.2. The molecule has 0 aromatic heterocycles. The number of likely N-dealkylation sites (tertiary alicyclic amines) is 1. The van der Waals surface area contributed by atoms with Crippen LogP contribution in [0.5, 0.6) is 0 Å². The highest BCUT2D eigenvalue weighted by Gasteiger charge is 2.33. The summed E-state index contributed by atoms with van der Waals surface area (Å²) in [6.07, 6.45) is -2.20. The Labute approximate surface area is 158 Å². The third-order valence-corrected chi connectivity index (χ3v) is 7.24.